The van der Waals surface area contributed by atoms with Crippen LogP contribution < -0.4 is 14.8 Å². The van der Waals surface area contributed by atoms with Gasteiger partial charge in [-0.25, -0.2) is 0 Å². The maximum Gasteiger partial charge on any atom is 0.290 e. The molecule has 7 heteroatoms. The van der Waals surface area contributed by atoms with Gasteiger partial charge in [-0.15, -0.1) is 0 Å². The summed E-state index contributed by atoms with van der Waals surface area (Å²) >= 11 is 0.863. The van der Waals surface area contributed by atoms with Crippen molar-refractivity contribution in [2.45, 2.75) is 0 Å². The minimum Gasteiger partial charge on any atom is -0.497 e. The first-order valence-corrected chi connectivity index (χ1v) is 8.52. The van der Waals surface area contributed by atoms with Gasteiger partial charge in [0.25, 0.3) is 11.1 Å². The van der Waals surface area contributed by atoms with Crippen molar-refractivity contribution in [1.82, 2.24) is 5.32 Å². The minimum absolute atomic E-state index is 0.0969. The van der Waals surface area contributed by atoms with E-state index in [-0.39, 0.29) is 17.6 Å². The van der Waals surface area contributed by atoms with Gasteiger partial charge >= 0.3 is 0 Å². The number of nitrogens with one attached hydrogen (secondary N) is 1. The lowest BCUT2D eigenvalue weighted by molar-refractivity contribution is -0.115. The molecular weight excluding hydrogens is 354 g/mol. The summed E-state index contributed by atoms with van der Waals surface area (Å²) in [7, 11) is 1.54. The van der Waals surface area contributed by atoms with Gasteiger partial charge in [0.2, 0.25) is 0 Å². The second-order valence-corrected chi connectivity index (χ2v) is 6.38. The number of carbonyl (C=O) groups excluding carboxylic acids is 3. The molecule has 6 nitrogen and oxygen atoms in total. The Kier molecular flexibility index (Phi) is 5.38. The number of benzene rings is 2. The molecule has 26 heavy (non-hydrogen) atoms. The largest absolute Gasteiger partial charge is 0.497 e. The van der Waals surface area contributed by atoms with Gasteiger partial charge in [-0.3, -0.25) is 19.7 Å². The summed E-state index contributed by atoms with van der Waals surface area (Å²) in [6.07, 6.45) is 1.62. The van der Waals surface area contributed by atoms with Gasteiger partial charge in [-0.2, -0.15) is 0 Å². The predicted octanol–water partition coefficient (Wildman–Crippen LogP) is 3.28. The van der Waals surface area contributed by atoms with Crippen molar-refractivity contribution >= 4 is 34.8 Å². The van der Waals surface area contributed by atoms with Gasteiger partial charge < -0.3 is 9.47 Å². The smallest absolute Gasteiger partial charge is 0.290 e. The summed E-state index contributed by atoms with van der Waals surface area (Å²) < 4.78 is 10.6. The van der Waals surface area contributed by atoms with Crippen LogP contribution in [-0.4, -0.2) is 30.6 Å². The van der Waals surface area contributed by atoms with Crippen molar-refractivity contribution in [3.8, 4) is 11.5 Å². The normalized spacial score (nSPS) is 15.0. The lowest BCUT2D eigenvalue weighted by Gasteiger charge is -2.07. The van der Waals surface area contributed by atoms with Gasteiger partial charge in [-0.05, 0) is 47.7 Å². The van der Waals surface area contributed by atoms with Gasteiger partial charge in [0.1, 0.15) is 11.5 Å². The molecule has 0 unspecified atom stereocenters. The molecule has 1 heterocycles. The van der Waals surface area contributed by atoms with Gasteiger partial charge in [0.15, 0.2) is 12.4 Å². The summed E-state index contributed by atoms with van der Waals surface area (Å²) in [5.41, 5.74) is 1.27. The zero-order valence-corrected chi connectivity index (χ0v) is 14.7. The molecule has 1 N–H and O–H groups in total. The van der Waals surface area contributed by atoms with Crippen LogP contribution in [0.3, 0.4) is 0 Å². The summed E-state index contributed by atoms with van der Waals surface area (Å²) in [6.45, 7) is -0.0969. The van der Waals surface area contributed by atoms with Crippen molar-refractivity contribution < 1.29 is 23.9 Å². The molecule has 0 aromatic heterocycles. The Hall–Kier alpha value is -3.06. The molecule has 0 radical (unpaired) electrons. The number of hydrogen-bond donors (Lipinski definition) is 1. The van der Waals surface area contributed by atoms with Crippen LogP contribution in [0.1, 0.15) is 15.9 Å². The van der Waals surface area contributed by atoms with Crippen LogP contribution in [0.4, 0.5) is 4.79 Å². The highest BCUT2D eigenvalue weighted by Crippen LogP contribution is 2.26. The molecule has 2 amide bonds. The Morgan fingerprint density at radius 2 is 1.88 bits per heavy atom. The number of Topliss-reactive ketones (excluding diaryl/α,β-unsaturated/α-hetero) is 1. The van der Waals surface area contributed by atoms with Crippen molar-refractivity contribution in [1.29, 1.82) is 0 Å². The van der Waals surface area contributed by atoms with Crippen LogP contribution in [0.2, 0.25) is 0 Å². The number of imide groups is 1. The van der Waals surface area contributed by atoms with Crippen LogP contribution in [0.25, 0.3) is 6.08 Å². The predicted molar refractivity (Wildman–Crippen MR) is 98.4 cm³/mol. The van der Waals surface area contributed by atoms with E-state index < -0.39 is 5.91 Å². The van der Waals surface area contributed by atoms with Crippen LogP contribution in [-0.2, 0) is 4.79 Å². The van der Waals surface area contributed by atoms with Crippen molar-refractivity contribution in [2.24, 2.45) is 0 Å². The van der Waals surface area contributed by atoms with Crippen LogP contribution in [0.5, 0.6) is 11.5 Å². The topological polar surface area (TPSA) is 81.7 Å². The summed E-state index contributed by atoms with van der Waals surface area (Å²) in [5.74, 6) is 0.584. The first-order valence-electron chi connectivity index (χ1n) is 7.70. The number of ketones is 1. The highest BCUT2D eigenvalue weighted by atomic mass is 32.2. The average molecular weight is 369 g/mol. The van der Waals surface area contributed by atoms with E-state index in [1.807, 2.05) is 0 Å². The van der Waals surface area contributed by atoms with E-state index in [9.17, 15) is 14.4 Å². The van der Waals surface area contributed by atoms with Crippen LogP contribution >= 0.6 is 11.8 Å². The molecule has 3 rings (SSSR count). The van der Waals surface area contributed by atoms with E-state index >= 15 is 0 Å². The van der Waals surface area contributed by atoms with Crippen molar-refractivity contribution in [3.63, 3.8) is 0 Å². The molecule has 2 aromatic carbocycles. The highest BCUT2D eigenvalue weighted by Gasteiger charge is 2.24. The van der Waals surface area contributed by atoms with E-state index in [1.54, 1.807) is 61.7 Å². The molecule has 2 aromatic rings. The number of thioether (sulfide) groups is 1. The third kappa shape index (κ3) is 4.31. The molecule has 0 aliphatic carbocycles. The molecular formula is C19H15NO5S. The molecule has 1 saturated heterocycles. The molecule has 0 saturated carbocycles. The Morgan fingerprint density at radius 1 is 1.12 bits per heavy atom. The van der Waals surface area contributed by atoms with E-state index in [4.69, 9.17) is 9.47 Å². The summed E-state index contributed by atoms with van der Waals surface area (Å²) in [6, 6.07) is 13.8. The number of ether oxygens (including phenoxy) is 2. The maximum atomic E-state index is 12.2. The Bertz CT molecular complexity index is 889. The second kappa shape index (κ2) is 7.88. The molecule has 132 valence electrons. The van der Waals surface area contributed by atoms with Gasteiger partial charge in [-0.1, -0.05) is 24.3 Å². The zero-order chi connectivity index (χ0) is 18.5. The molecule has 1 aliphatic heterocycles. The Labute approximate surface area is 154 Å². The number of amides is 2. The zero-order valence-electron chi connectivity index (χ0n) is 13.9. The van der Waals surface area contributed by atoms with E-state index in [2.05, 4.69) is 5.32 Å². The maximum absolute atomic E-state index is 12.2. The fraction of sp³-hybridized carbons (Fsp3) is 0.105. The van der Waals surface area contributed by atoms with E-state index in [0.29, 0.717) is 22.0 Å². The number of hydrogen-bond acceptors (Lipinski definition) is 6. The van der Waals surface area contributed by atoms with Gasteiger partial charge in [0, 0.05) is 5.56 Å². The molecule has 0 bridgehead atoms. The third-order valence-electron chi connectivity index (χ3n) is 3.58. The van der Waals surface area contributed by atoms with E-state index in [0.717, 1.165) is 17.3 Å². The van der Waals surface area contributed by atoms with Crippen molar-refractivity contribution in [2.75, 3.05) is 13.7 Å². The number of carbonyl (C=O) groups is 3. The summed E-state index contributed by atoms with van der Waals surface area (Å²) in [5, 5.41) is 1.82. The van der Waals surface area contributed by atoms with Crippen LogP contribution in [0, 0.1) is 0 Å². The first kappa shape index (κ1) is 17.8. The number of methoxy groups -OCH3 is 1. The monoisotopic (exact) mass is 369 g/mol. The fourth-order valence-electron chi connectivity index (χ4n) is 2.26. The Balaban J connectivity index is 1.61. The SMILES string of the molecule is COc1cccc(C(=O)COc2ccc(/C=C3/SC(=O)NC3=O)cc2)c1. The third-order valence-corrected chi connectivity index (χ3v) is 4.39. The lowest BCUT2D eigenvalue weighted by Crippen LogP contribution is -2.17. The second-order valence-electron chi connectivity index (χ2n) is 5.37. The average Bonchev–Trinajstić information content (AvgIpc) is 2.97. The molecule has 0 atom stereocenters. The van der Waals surface area contributed by atoms with E-state index in [1.165, 1.54) is 0 Å². The molecule has 0 spiro atoms. The minimum atomic E-state index is -0.399. The quantitative estimate of drug-likeness (QED) is 0.622. The fourth-order valence-corrected chi connectivity index (χ4v) is 2.94. The lowest BCUT2D eigenvalue weighted by atomic mass is 10.1. The molecule has 1 aliphatic rings. The van der Waals surface area contributed by atoms with Gasteiger partial charge in [0.05, 0.1) is 12.0 Å². The standard InChI is InChI=1S/C19H15NO5S/c1-24-15-4-2-3-13(10-15)16(21)11-25-14-7-5-12(6-8-14)9-17-18(22)20-19(23)26-17/h2-10H,11H2,1H3,(H,20,22,23)/b17-9+. The molecule has 1 fully saturated rings. The number of rotatable bonds is 6. The highest BCUT2D eigenvalue weighted by molar-refractivity contribution is 8.18. The summed E-state index contributed by atoms with van der Waals surface area (Å²) in [4.78, 5) is 35.2. The van der Waals surface area contributed by atoms with Crippen LogP contribution in [0.15, 0.2) is 53.4 Å². The Morgan fingerprint density at radius 3 is 2.54 bits per heavy atom. The van der Waals surface area contributed by atoms with Crippen molar-refractivity contribution in [3.05, 3.63) is 64.6 Å². The first-order chi connectivity index (χ1) is 12.5.